The highest BCUT2D eigenvalue weighted by Crippen LogP contribution is 2.27. The van der Waals surface area contributed by atoms with E-state index in [-0.39, 0.29) is 23.7 Å². The predicted octanol–water partition coefficient (Wildman–Crippen LogP) is 1.51. The molecule has 0 spiro atoms. The first-order valence-electron chi connectivity index (χ1n) is 7.98. The number of benzene rings is 1. The van der Waals surface area contributed by atoms with Crippen LogP contribution >= 0.6 is 0 Å². The highest BCUT2D eigenvalue weighted by Gasteiger charge is 2.34. The highest BCUT2D eigenvalue weighted by atomic mass is 16.2. The van der Waals surface area contributed by atoms with E-state index in [9.17, 15) is 4.79 Å². The van der Waals surface area contributed by atoms with Crippen molar-refractivity contribution < 1.29 is 4.79 Å². The maximum absolute atomic E-state index is 12.9. The van der Waals surface area contributed by atoms with Gasteiger partial charge < -0.3 is 9.80 Å². The number of carbonyl (C=O) groups is 1. The molecule has 25 heavy (non-hydrogen) atoms. The molecule has 0 bridgehead atoms. The third-order valence-corrected chi connectivity index (χ3v) is 4.60. The van der Waals surface area contributed by atoms with Gasteiger partial charge in [-0.2, -0.15) is 10.5 Å². The smallest absolute Gasteiger partial charge is 0.297 e. The SMILES string of the molecule is C[C@@H]1[C@H](CN(C(=O)c2nc[nH]n2)c2cccc(C#N)c2)CCN1C#N. The minimum absolute atomic E-state index is 0.0478. The molecule has 8 heteroatoms. The molecule has 1 aliphatic heterocycles. The number of nitriles is 2. The zero-order valence-corrected chi connectivity index (χ0v) is 13.8. The van der Waals surface area contributed by atoms with Gasteiger partial charge in [0, 0.05) is 24.8 Å². The summed E-state index contributed by atoms with van der Waals surface area (Å²) in [6, 6.07) is 9.02. The van der Waals surface area contributed by atoms with Crippen LogP contribution in [0.15, 0.2) is 30.6 Å². The van der Waals surface area contributed by atoms with Crippen molar-refractivity contribution in [2.24, 2.45) is 5.92 Å². The van der Waals surface area contributed by atoms with Crippen LogP contribution in [0.3, 0.4) is 0 Å². The largest absolute Gasteiger partial charge is 0.308 e. The Morgan fingerprint density at radius 2 is 2.32 bits per heavy atom. The molecule has 1 aromatic heterocycles. The first kappa shape index (κ1) is 16.5. The molecule has 1 N–H and O–H groups in total. The highest BCUT2D eigenvalue weighted by molar-refractivity contribution is 6.03. The Balaban J connectivity index is 1.91. The Kier molecular flexibility index (Phi) is 4.62. The lowest BCUT2D eigenvalue weighted by Crippen LogP contribution is -2.39. The molecule has 0 unspecified atom stereocenters. The fraction of sp³-hybridized carbons (Fsp3) is 0.353. The molecule has 1 aromatic carbocycles. The number of carbonyl (C=O) groups excluding carboxylic acids is 1. The molecule has 0 radical (unpaired) electrons. The van der Waals surface area contributed by atoms with E-state index in [0.717, 1.165) is 6.42 Å². The number of aromatic amines is 1. The fourth-order valence-corrected chi connectivity index (χ4v) is 3.11. The van der Waals surface area contributed by atoms with E-state index in [0.29, 0.717) is 24.3 Å². The van der Waals surface area contributed by atoms with Crippen LogP contribution in [0.2, 0.25) is 0 Å². The Labute approximate surface area is 145 Å². The van der Waals surface area contributed by atoms with Crippen molar-refractivity contribution in [1.29, 1.82) is 10.5 Å². The number of rotatable bonds is 4. The first-order chi connectivity index (χ1) is 12.1. The Hall–Kier alpha value is -3.39. The summed E-state index contributed by atoms with van der Waals surface area (Å²) in [7, 11) is 0. The molecule has 1 amide bonds. The fourth-order valence-electron chi connectivity index (χ4n) is 3.11. The lowest BCUT2D eigenvalue weighted by Gasteiger charge is -2.27. The van der Waals surface area contributed by atoms with Crippen LogP contribution in [0.25, 0.3) is 0 Å². The third kappa shape index (κ3) is 3.29. The minimum atomic E-state index is -0.334. The van der Waals surface area contributed by atoms with Crippen LogP contribution in [0.4, 0.5) is 5.69 Å². The quantitative estimate of drug-likeness (QED) is 0.848. The van der Waals surface area contributed by atoms with Gasteiger partial charge in [-0.1, -0.05) is 6.07 Å². The molecule has 0 saturated carbocycles. The number of H-pyrrole nitrogens is 1. The van der Waals surface area contributed by atoms with Gasteiger partial charge in [0.05, 0.1) is 11.6 Å². The number of nitrogens with one attached hydrogen (secondary N) is 1. The number of nitrogens with zero attached hydrogens (tertiary/aromatic N) is 6. The number of hydrogen-bond donors (Lipinski definition) is 1. The zero-order chi connectivity index (χ0) is 17.8. The van der Waals surface area contributed by atoms with Gasteiger partial charge in [0.15, 0.2) is 6.19 Å². The molecule has 1 aliphatic rings. The monoisotopic (exact) mass is 335 g/mol. The van der Waals surface area contributed by atoms with Crippen LogP contribution in [-0.2, 0) is 0 Å². The summed E-state index contributed by atoms with van der Waals surface area (Å²) in [4.78, 5) is 20.1. The Bertz CT molecular complexity index is 833. The molecular formula is C17H17N7O. The average molecular weight is 335 g/mol. The Morgan fingerprint density at radius 3 is 2.96 bits per heavy atom. The van der Waals surface area contributed by atoms with Gasteiger partial charge in [-0.3, -0.25) is 9.89 Å². The van der Waals surface area contributed by atoms with Crippen molar-refractivity contribution in [1.82, 2.24) is 20.1 Å². The van der Waals surface area contributed by atoms with Gasteiger partial charge in [0.1, 0.15) is 6.33 Å². The van der Waals surface area contributed by atoms with E-state index < -0.39 is 0 Å². The summed E-state index contributed by atoms with van der Waals surface area (Å²) in [6.07, 6.45) is 4.37. The topological polar surface area (TPSA) is 113 Å². The first-order valence-corrected chi connectivity index (χ1v) is 7.98. The maximum Gasteiger partial charge on any atom is 0.297 e. The molecule has 2 atom stereocenters. The normalized spacial score (nSPS) is 19.2. The van der Waals surface area contributed by atoms with Gasteiger partial charge in [-0.15, -0.1) is 5.10 Å². The summed E-state index contributed by atoms with van der Waals surface area (Å²) in [5.41, 5.74) is 1.10. The van der Waals surface area contributed by atoms with Gasteiger partial charge in [0.25, 0.3) is 5.91 Å². The molecule has 2 heterocycles. The summed E-state index contributed by atoms with van der Waals surface area (Å²) in [6.45, 7) is 3.10. The second-order valence-electron chi connectivity index (χ2n) is 5.98. The summed E-state index contributed by atoms with van der Waals surface area (Å²) in [5.74, 6) is -0.114. The van der Waals surface area contributed by atoms with Crippen molar-refractivity contribution in [3.63, 3.8) is 0 Å². The van der Waals surface area contributed by atoms with Gasteiger partial charge >= 0.3 is 0 Å². The van der Waals surface area contributed by atoms with E-state index in [1.54, 1.807) is 34.1 Å². The van der Waals surface area contributed by atoms with E-state index >= 15 is 0 Å². The van der Waals surface area contributed by atoms with E-state index in [1.807, 2.05) is 6.92 Å². The Morgan fingerprint density at radius 1 is 1.48 bits per heavy atom. The second kappa shape index (κ2) is 7.02. The molecule has 1 saturated heterocycles. The molecule has 126 valence electrons. The van der Waals surface area contributed by atoms with Crippen molar-refractivity contribution in [2.45, 2.75) is 19.4 Å². The van der Waals surface area contributed by atoms with E-state index in [4.69, 9.17) is 10.5 Å². The number of amides is 1. The second-order valence-corrected chi connectivity index (χ2v) is 5.98. The molecule has 1 fully saturated rings. The predicted molar refractivity (Wildman–Crippen MR) is 89.1 cm³/mol. The van der Waals surface area contributed by atoms with Gasteiger partial charge in [-0.25, -0.2) is 4.98 Å². The lowest BCUT2D eigenvalue weighted by molar-refractivity contribution is 0.0972. The number of likely N-dealkylation sites (tertiary alicyclic amines) is 1. The van der Waals surface area contributed by atoms with Gasteiger partial charge in [0.2, 0.25) is 5.82 Å². The zero-order valence-electron chi connectivity index (χ0n) is 13.8. The van der Waals surface area contributed by atoms with E-state index in [1.165, 1.54) is 6.33 Å². The summed E-state index contributed by atoms with van der Waals surface area (Å²) < 4.78 is 0. The molecule has 8 nitrogen and oxygen atoms in total. The lowest BCUT2D eigenvalue weighted by atomic mass is 10.0. The average Bonchev–Trinajstić information content (AvgIpc) is 3.29. The summed E-state index contributed by atoms with van der Waals surface area (Å²) >= 11 is 0. The van der Waals surface area contributed by atoms with Crippen LogP contribution in [-0.4, -0.2) is 45.1 Å². The van der Waals surface area contributed by atoms with Gasteiger partial charge in [-0.05, 0) is 37.5 Å². The number of anilines is 1. The molecule has 3 rings (SSSR count). The number of aromatic nitrogens is 3. The maximum atomic E-state index is 12.9. The molecule has 0 aliphatic carbocycles. The van der Waals surface area contributed by atoms with Crippen molar-refractivity contribution in [2.75, 3.05) is 18.0 Å². The third-order valence-electron chi connectivity index (χ3n) is 4.60. The van der Waals surface area contributed by atoms with Crippen molar-refractivity contribution in [3.8, 4) is 12.3 Å². The van der Waals surface area contributed by atoms with Crippen molar-refractivity contribution >= 4 is 11.6 Å². The summed E-state index contributed by atoms with van der Waals surface area (Å²) in [5, 5.41) is 24.7. The van der Waals surface area contributed by atoms with Crippen molar-refractivity contribution in [3.05, 3.63) is 42.0 Å². The van der Waals surface area contributed by atoms with E-state index in [2.05, 4.69) is 27.4 Å². The standard InChI is InChI=1S/C17H17N7O/c1-12-14(5-6-23(12)10-19)9-24(17(25)16-20-11-21-22-16)15-4-2-3-13(7-15)8-18/h2-4,7,11-12,14H,5-6,9H2,1H3,(H,20,21,22)/t12-,14+/m1/s1. The molecular weight excluding hydrogens is 318 g/mol. The minimum Gasteiger partial charge on any atom is -0.308 e. The van der Waals surface area contributed by atoms with Crippen LogP contribution in [0, 0.1) is 28.7 Å². The van der Waals surface area contributed by atoms with Crippen LogP contribution in [0.5, 0.6) is 0 Å². The van der Waals surface area contributed by atoms with Crippen LogP contribution < -0.4 is 4.90 Å². The molecule has 2 aromatic rings. The number of hydrogen-bond acceptors (Lipinski definition) is 6. The van der Waals surface area contributed by atoms with Crippen LogP contribution in [0.1, 0.15) is 29.5 Å².